The molecule has 0 fully saturated rings. The number of allylic oxidation sites excluding steroid dienone is 1. The summed E-state index contributed by atoms with van der Waals surface area (Å²) in [6.45, 7) is 1.85. The van der Waals surface area contributed by atoms with E-state index in [0.717, 1.165) is 11.3 Å². The lowest BCUT2D eigenvalue weighted by molar-refractivity contribution is -0.136. The predicted molar refractivity (Wildman–Crippen MR) is 110 cm³/mol. The number of benzene rings is 2. The fourth-order valence-electron chi connectivity index (χ4n) is 3.08. The molecular formula is C20H19ClN2O3S. The minimum Gasteiger partial charge on any atom is -0.497 e. The van der Waals surface area contributed by atoms with Crippen LogP contribution >= 0.6 is 23.8 Å². The number of esters is 1. The first-order valence-corrected chi connectivity index (χ1v) is 9.04. The average molecular weight is 403 g/mol. The number of carbonyl (C=O) groups is 1. The SMILES string of the molecule is COC(=O)C1=C(C)N(c2cccc(OC)c2)C(=S)N[C@H]1c1ccc(Cl)cc1. The first kappa shape index (κ1) is 19.2. The highest BCUT2D eigenvalue weighted by molar-refractivity contribution is 7.80. The number of hydrogen-bond acceptors (Lipinski definition) is 4. The average Bonchev–Trinajstić information content (AvgIpc) is 2.68. The molecule has 1 heterocycles. The van der Waals surface area contributed by atoms with Gasteiger partial charge in [-0.15, -0.1) is 0 Å². The number of hydrogen-bond donors (Lipinski definition) is 1. The molecule has 2 aromatic carbocycles. The van der Waals surface area contributed by atoms with Gasteiger partial charge in [0.25, 0.3) is 0 Å². The van der Waals surface area contributed by atoms with Crippen molar-refractivity contribution < 1.29 is 14.3 Å². The fourth-order valence-corrected chi connectivity index (χ4v) is 3.57. The number of ether oxygens (including phenoxy) is 2. The molecule has 0 unspecified atom stereocenters. The van der Waals surface area contributed by atoms with Crippen molar-refractivity contribution in [3.63, 3.8) is 0 Å². The molecule has 7 heteroatoms. The van der Waals surface area contributed by atoms with E-state index in [0.29, 0.717) is 27.2 Å². The molecule has 0 saturated carbocycles. The van der Waals surface area contributed by atoms with Gasteiger partial charge in [0, 0.05) is 16.8 Å². The van der Waals surface area contributed by atoms with Crippen LogP contribution in [-0.2, 0) is 9.53 Å². The molecule has 3 rings (SSSR count). The van der Waals surface area contributed by atoms with Crippen molar-refractivity contribution in [2.45, 2.75) is 13.0 Å². The van der Waals surface area contributed by atoms with Gasteiger partial charge in [0.15, 0.2) is 5.11 Å². The monoisotopic (exact) mass is 402 g/mol. The summed E-state index contributed by atoms with van der Waals surface area (Å²) in [6, 6.07) is 14.3. The zero-order chi connectivity index (χ0) is 19.6. The Kier molecular flexibility index (Phi) is 5.68. The standard InChI is InChI=1S/C20H19ClN2O3S/c1-12-17(19(24)26-3)18(13-7-9-14(21)10-8-13)22-20(27)23(12)15-5-4-6-16(11-15)25-2/h4-11,18H,1-3H3,(H,22,27)/t18-/m0/s1. The Balaban J connectivity index is 2.12. The van der Waals surface area contributed by atoms with E-state index in [-0.39, 0.29) is 0 Å². The molecule has 27 heavy (non-hydrogen) atoms. The molecule has 5 nitrogen and oxygen atoms in total. The number of nitrogens with zero attached hydrogens (tertiary/aromatic N) is 1. The molecule has 0 amide bonds. The summed E-state index contributed by atoms with van der Waals surface area (Å²) in [5, 5.41) is 4.35. The van der Waals surface area contributed by atoms with Gasteiger partial charge < -0.3 is 14.8 Å². The van der Waals surface area contributed by atoms with Crippen LogP contribution in [0.15, 0.2) is 59.8 Å². The highest BCUT2D eigenvalue weighted by atomic mass is 35.5. The van der Waals surface area contributed by atoms with Gasteiger partial charge >= 0.3 is 5.97 Å². The zero-order valence-corrected chi connectivity index (χ0v) is 16.7. The number of methoxy groups -OCH3 is 2. The van der Waals surface area contributed by atoms with Crippen molar-refractivity contribution in [1.82, 2.24) is 5.32 Å². The van der Waals surface area contributed by atoms with Gasteiger partial charge in [-0.1, -0.05) is 29.8 Å². The maximum Gasteiger partial charge on any atom is 0.337 e. The topological polar surface area (TPSA) is 50.8 Å². The van der Waals surface area contributed by atoms with Crippen molar-refractivity contribution in [1.29, 1.82) is 0 Å². The fraction of sp³-hybridized carbons (Fsp3) is 0.200. The summed E-state index contributed by atoms with van der Waals surface area (Å²) in [6.07, 6.45) is 0. The van der Waals surface area contributed by atoms with Gasteiger partial charge in [0.2, 0.25) is 0 Å². The van der Waals surface area contributed by atoms with E-state index in [9.17, 15) is 4.79 Å². The molecule has 0 radical (unpaired) electrons. The van der Waals surface area contributed by atoms with E-state index in [1.54, 1.807) is 24.1 Å². The third kappa shape index (κ3) is 3.77. The van der Waals surface area contributed by atoms with Gasteiger partial charge in [-0.2, -0.15) is 0 Å². The number of nitrogens with one attached hydrogen (secondary N) is 1. The molecule has 2 aromatic rings. The molecule has 140 valence electrons. The number of rotatable bonds is 4. The minimum absolute atomic E-state index is 0.421. The van der Waals surface area contributed by atoms with Crippen LogP contribution in [0, 0.1) is 0 Å². The maximum atomic E-state index is 12.6. The number of anilines is 1. The summed E-state index contributed by atoms with van der Waals surface area (Å²) in [5.74, 6) is 0.276. The van der Waals surface area contributed by atoms with Gasteiger partial charge in [-0.25, -0.2) is 4.79 Å². The Morgan fingerprint density at radius 2 is 1.89 bits per heavy atom. The second-order valence-electron chi connectivity index (χ2n) is 5.96. The first-order chi connectivity index (χ1) is 13.0. The van der Waals surface area contributed by atoms with E-state index in [4.69, 9.17) is 33.3 Å². The first-order valence-electron chi connectivity index (χ1n) is 8.25. The summed E-state index contributed by atoms with van der Waals surface area (Å²) in [7, 11) is 2.97. The third-order valence-electron chi connectivity index (χ3n) is 4.40. The maximum absolute atomic E-state index is 12.6. The van der Waals surface area contributed by atoms with Crippen molar-refractivity contribution in [3.8, 4) is 5.75 Å². The lowest BCUT2D eigenvalue weighted by Crippen LogP contribution is -2.48. The smallest absolute Gasteiger partial charge is 0.337 e. The quantitative estimate of drug-likeness (QED) is 0.610. The molecule has 0 aromatic heterocycles. The summed E-state index contributed by atoms with van der Waals surface area (Å²) in [4.78, 5) is 14.4. The Hall–Kier alpha value is -2.57. The van der Waals surface area contributed by atoms with Crippen LogP contribution in [0.25, 0.3) is 0 Å². The summed E-state index contributed by atoms with van der Waals surface area (Å²) in [5.41, 5.74) is 2.84. The van der Waals surface area contributed by atoms with Crippen molar-refractivity contribution in [2.24, 2.45) is 0 Å². The summed E-state index contributed by atoms with van der Waals surface area (Å²) < 4.78 is 10.3. The highest BCUT2D eigenvalue weighted by Crippen LogP contribution is 2.35. The lowest BCUT2D eigenvalue weighted by Gasteiger charge is -2.37. The molecule has 1 aliphatic heterocycles. The van der Waals surface area contributed by atoms with Crippen LogP contribution in [0.3, 0.4) is 0 Å². The van der Waals surface area contributed by atoms with Gasteiger partial charge in [-0.05, 0) is 49.0 Å². The number of thiocarbonyl (C=S) groups is 1. The van der Waals surface area contributed by atoms with Crippen molar-refractivity contribution in [3.05, 3.63) is 70.4 Å². The van der Waals surface area contributed by atoms with E-state index in [2.05, 4.69) is 5.32 Å². The third-order valence-corrected chi connectivity index (χ3v) is 4.96. The molecule has 1 N–H and O–H groups in total. The predicted octanol–water partition coefficient (Wildman–Crippen LogP) is 4.23. The van der Waals surface area contributed by atoms with Crippen LogP contribution in [0.2, 0.25) is 5.02 Å². The number of halogens is 1. The van der Waals surface area contributed by atoms with Crippen molar-refractivity contribution in [2.75, 3.05) is 19.1 Å². The Labute approximate surface area is 168 Å². The van der Waals surface area contributed by atoms with Crippen LogP contribution in [0.5, 0.6) is 5.75 Å². The van der Waals surface area contributed by atoms with E-state index >= 15 is 0 Å². The zero-order valence-electron chi connectivity index (χ0n) is 15.2. The minimum atomic E-state index is -0.427. The second-order valence-corrected chi connectivity index (χ2v) is 6.78. The largest absolute Gasteiger partial charge is 0.497 e. The molecule has 0 spiro atoms. The normalized spacial score (nSPS) is 16.8. The van der Waals surface area contributed by atoms with Crippen LogP contribution < -0.4 is 15.0 Å². The van der Waals surface area contributed by atoms with Crippen LogP contribution in [-0.4, -0.2) is 25.3 Å². The van der Waals surface area contributed by atoms with E-state index in [1.807, 2.05) is 43.3 Å². The van der Waals surface area contributed by atoms with E-state index < -0.39 is 12.0 Å². The van der Waals surface area contributed by atoms with Gasteiger partial charge in [0.1, 0.15) is 5.75 Å². The molecule has 1 atom stereocenters. The molecule has 0 aliphatic carbocycles. The molecule has 1 aliphatic rings. The Morgan fingerprint density at radius 3 is 2.52 bits per heavy atom. The van der Waals surface area contributed by atoms with E-state index in [1.165, 1.54) is 7.11 Å². The van der Waals surface area contributed by atoms with Gasteiger partial charge in [-0.3, -0.25) is 4.90 Å². The second kappa shape index (κ2) is 7.98. The Bertz CT molecular complexity index is 912. The molecular weight excluding hydrogens is 384 g/mol. The molecule has 0 bridgehead atoms. The lowest BCUT2D eigenvalue weighted by atomic mass is 9.95. The summed E-state index contributed by atoms with van der Waals surface area (Å²) >= 11 is 11.6. The van der Waals surface area contributed by atoms with Crippen molar-refractivity contribution >= 4 is 40.6 Å². The number of carbonyl (C=O) groups excluding carboxylic acids is 1. The highest BCUT2D eigenvalue weighted by Gasteiger charge is 2.35. The van der Waals surface area contributed by atoms with Crippen LogP contribution in [0.1, 0.15) is 18.5 Å². The van der Waals surface area contributed by atoms with Crippen LogP contribution in [0.4, 0.5) is 5.69 Å². The molecule has 0 saturated heterocycles. The van der Waals surface area contributed by atoms with Gasteiger partial charge in [0.05, 0.1) is 31.5 Å². The Morgan fingerprint density at radius 1 is 1.19 bits per heavy atom.